The fraction of sp³-hybridized carbons (Fsp3) is 0.385. The smallest absolute Gasteiger partial charge is 0.382 e. The molecule has 1 aliphatic rings. The summed E-state index contributed by atoms with van der Waals surface area (Å²) in [7, 11) is 0. The first kappa shape index (κ1) is 16.2. The van der Waals surface area contributed by atoms with E-state index in [1.54, 1.807) is 0 Å². The molecule has 1 aliphatic heterocycles. The van der Waals surface area contributed by atoms with E-state index in [0.717, 1.165) is 17.0 Å². The second-order valence-electron chi connectivity index (χ2n) is 4.81. The quantitative estimate of drug-likeness (QED) is 0.683. The van der Waals surface area contributed by atoms with Crippen LogP contribution in [-0.2, 0) is 4.79 Å². The molecule has 0 aliphatic carbocycles. The molecule has 0 spiro atoms. The Morgan fingerprint density at radius 2 is 1.77 bits per heavy atom. The molecule has 1 aromatic rings. The third-order valence-electron chi connectivity index (χ3n) is 3.29. The number of hydrogen-bond acceptors (Lipinski definition) is 3. The monoisotopic (exact) mass is 320 g/mol. The largest absolute Gasteiger partial charge is 0.416 e. The zero-order valence-corrected chi connectivity index (χ0v) is 11.3. The molecule has 0 bridgehead atoms. The van der Waals surface area contributed by atoms with Gasteiger partial charge in [0, 0.05) is 5.69 Å². The van der Waals surface area contributed by atoms with Gasteiger partial charge in [0.15, 0.2) is 6.10 Å². The van der Waals surface area contributed by atoms with Crippen LogP contribution in [0.1, 0.15) is 6.92 Å². The highest BCUT2D eigenvalue weighted by Gasteiger charge is 2.48. The number of rotatable bonds is 3. The molecule has 2 rings (SSSR count). The van der Waals surface area contributed by atoms with Gasteiger partial charge in [0.1, 0.15) is 11.9 Å². The maximum absolute atomic E-state index is 12.9. The molecule has 1 heterocycles. The van der Waals surface area contributed by atoms with Crippen LogP contribution >= 0.6 is 0 Å². The minimum absolute atomic E-state index is 0.177. The third-order valence-corrected chi connectivity index (χ3v) is 3.29. The van der Waals surface area contributed by atoms with E-state index in [0.29, 0.717) is 4.90 Å². The van der Waals surface area contributed by atoms with Crippen molar-refractivity contribution in [3.8, 4) is 0 Å². The highest BCUT2D eigenvalue weighted by atomic mass is 19.4. The maximum atomic E-state index is 12.9. The van der Waals surface area contributed by atoms with E-state index < -0.39 is 42.6 Å². The summed E-state index contributed by atoms with van der Waals surface area (Å²) in [5, 5.41) is 9.02. The van der Waals surface area contributed by atoms with Crippen molar-refractivity contribution in [2.24, 2.45) is 0 Å². The van der Waals surface area contributed by atoms with Crippen molar-refractivity contribution >= 4 is 17.6 Å². The van der Waals surface area contributed by atoms with Crippen molar-refractivity contribution < 1.29 is 32.3 Å². The number of carbonyl (C=O) groups excluding carboxylic acids is 2. The number of halogens is 4. The van der Waals surface area contributed by atoms with Crippen LogP contribution in [0.5, 0.6) is 0 Å². The molecule has 5 nitrogen and oxygen atoms in total. The Bertz CT molecular complexity index is 588. The van der Waals surface area contributed by atoms with Gasteiger partial charge in [-0.05, 0) is 31.2 Å². The van der Waals surface area contributed by atoms with Crippen LogP contribution in [0.2, 0.25) is 0 Å². The van der Waals surface area contributed by atoms with Crippen molar-refractivity contribution in [1.29, 1.82) is 0 Å². The first-order chi connectivity index (χ1) is 10.1. The molecule has 0 aromatic heterocycles. The maximum Gasteiger partial charge on any atom is 0.416 e. The number of urea groups is 1. The topological polar surface area (TPSA) is 60.9 Å². The zero-order chi connectivity index (χ0) is 16.7. The lowest BCUT2D eigenvalue weighted by Crippen LogP contribution is -2.44. The number of β-amino-alcohol motifs (C(OH)–C–C–N with tert-alkyl or cyclic N) is 1. The Morgan fingerprint density at radius 3 is 2.27 bits per heavy atom. The average Bonchev–Trinajstić information content (AvgIpc) is 2.63. The number of aliphatic hydroxyl groups excluding tert-OH is 1. The normalized spacial score (nSPS) is 20.7. The van der Waals surface area contributed by atoms with Crippen LogP contribution in [0.3, 0.4) is 0 Å². The van der Waals surface area contributed by atoms with Crippen LogP contribution in [0.4, 0.5) is 28.0 Å². The lowest BCUT2D eigenvalue weighted by molar-refractivity contribution is -0.206. The lowest BCUT2D eigenvalue weighted by atomic mass is 10.2. The second kappa shape index (κ2) is 5.56. The summed E-state index contributed by atoms with van der Waals surface area (Å²) in [5.41, 5.74) is 0.177. The number of imide groups is 1. The molecule has 1 saturated heterocycles. The van der Waals surface area contributed by atoms with Crippen molar-refractivity contribution in [2.45, 2.75) is 25.2 Å². The van der Waals surface area contributed by atoms with Gasteiger partial charge in [0.25, 0.3) is 5.91 Å². The van der Waals surface area contributed by atoms with Crippen molar-refractivity contribution in [2.75, 3.05) is 11.4 Å². The second-order valence-corrected chi connectivity index (χ2v) is 4.81. The van der Waals surface area contributed by atoms with Gasteiger partial charge in [-0.3, -0.25) is 14.6 Å². The zero-order valence-electron chi connectivity index (χ0n) is 11.3. The van der Waals surface area contributed by atoms with Crippen molar-refractivity contribution in [3.05, 3.63) is 30.1 Å². The van der Waals surface area contributed by atoms with E-state index in [2.05, 4.69) is 0 Å². The van der Waals surface area contributed by atoms with Crippen molar-refractivity contribution in [1.82, 2.24) is 4.90 Å². The number of nitrogens with zero attached hydrogens (tertiary/aromatic N) is 2. The molecule has 0 radical (unpaired) electrons. The first-order valence-corrected chi connectivity index (χ1v) is 6.28. The van der Waals surface area contributed by atoms with E-state index >= 15 is 0 Å². The van der Waals surface area contributed by atoms with E-state index in [1.807, 2.05) is 0 Å². The number of alkyl halides is 3. The number of carbonyl (C=O) groups is 2. The molecule has 1 N–H and O–H groups in total. The van der Waals surface area contributed by atoms with Gasteiger partial charge in [-0.15, -0.1) is 0 Å². The summed E-state index contributed by atoms with van der Waals surface area (Å²) < 4.78 is 50.0. The molecule has 22 heavy (non-hydrogen) atoms. The van der Waals surface area contributed by atoms with Crippen LogP contribution < -0.4 is 4.90 Å². The summed E-state index contributed by atoms with van der Waals surface area (Å²) >= 11 is 0. The van der Waals surface area contributed by atoms with Gasteiger partial charge in [-0.1, -0.05) is 0 Å². The van der Waals surface area contributed by atoms with Gasteiger partial charge >= 0.3 is 12.2 Å². The van der Waals surface area contributed by atoms with Gasteiger partial charge in [-0.25, -0.2) is 9.18 Å². The summed E-state index contributed by atoms with van der Waals surface area (Å²) in [6, 6.07) is 2.56. The predicted octanol–water partition coefficient (Wildman–Crippen LogP) is 1.91. The standard InChI is InChI=1S/C13H12F4N2O3/c1-7-11(21)18(6-10(20)13(15,16)17)12(22)19(7)9-4-2-8(14)3-5-9/h2-5,7,10,20H,6H2,1H3/t7-,10+/m1/s1. The Kier molecular flexibility index (Phi) is 4.10. The minimum Gasteiger partial charge on any atom is -0.382 e. The molecule has 1 fully saturated rings. The van der Waals surface area contributed by atoms with Gasteiger partial charge < -0.3 is 5.11 Å². The van der Waals surface area contributed by atoms with Gasteiger partial charge in [0.05, 0.1) is 6.54 Å². The average molecular weight is 320 g/mol. The Morgan fingerprint density at radius 1 is 1.23 bits per heavy atom. The number of benzene rings is 1. The van der Waals surface area contributed by atoms with Crippen LogP contribution in [0.15, 0.2) is 24.3 Å². The van der Waals surface area contributed by atoms with Gasteiger partial charge in [-0.2, -0.15) is 13.2 Å². The molecule has 0 saturated carbocycles. The SMILES string of the molecule is C[C@@H]1C(=O)N(C[C@H](O)C(F)(F)F)C(=O)N1c1ccc(F)cc1. The van der Waals surface area contributed by atoms with Gasteiger partial charge in [0.2, 0.25) is 0 Å². The fourth-order valence-corrected chi connectivity index (χ4v) is 2.11. The molecule has 9 heteroatoms. The molecular weight excluding hydrogens is 308 g/mol. The van der Waals surface area contributed by atoms with Crippen LogP contribution in [-0.4, -0.2) is 46.8 Å². The summed E-state index contributed by atoms with van der Waals surface area (Å²) in [6.07, 6.45) is -7.76. The van der Waals surface area contributed by atoms with Crippen LogP contribution in [0.25, 0.3) is 0 Å². The van der Waals surface area contributed by atoms with E-state index in [9.17, 15) is 27.2 Å². The summed E-state index contributed by atoms with van der Waals surface area (Å²) in [6.45, 7) is 0.159. The lowest BCUT2D eigenvalue weighted by Gasteiger charge is -2.21. The number of aliphatic hydroxyl groups is 1. The molecular formula is C13H12F4N2O3. The molecule has 2 atom stereocenters. The van der Waals surface area contributed by atoms with Crippen molar-refractivity contribution in [3.63, 3.8) is 0 Å². The molecule has 3 amide bonds. The Hall–Kier alpha value is -2.16. The minimum atomic E-state index is -4.94. The molecule has 1 aromatic carbocycles. The molecule has 120 valence electrons. The summed E-state index contributed by atoms with van der Waals surface area (Å²) in [5.74, 6) is -1.42. The molecule has 0 unspecified atom stereocenters. The fourth-order valence-electron chi connectivity index (χ4n) is 2.11. The number of anilines is 1. The third kappa shape index (κ3) is 2.89. The van der Waals surface area contributed by atoms with E-state index in [4.69, 9.17) is 5.11 Å². The van der Waals surface area contributed by atoms with E-state index in [1.165, 1.54) is 19.1 Å². The summed E-state index contributed by atoms with van der Waals surface area (Å²) in [4.78, 5) is 25.4. The predicted molar refractivity (Wildman–Crippen MR) is 67.5 cm³/mol. The Balaban J connectivity index is 2.24. The highest BCUT2D eigenvalue weighted by Crippen LogP contribution is 2.28. The van der Waals surface area contributed by atoms with E-state index in [-0.39, 0.29) is 5.69 Å². The van der Waals surface area contributed by atoms with Crippen LogP contribution in [0, 0.1) is 5.82 Å². The number of hydrogen-bond donors (Lipinski definition) is 1. The number of amides is 3. The Labute approximate surface area is 122 Å². The first-order valence-electron chi connectivity index (χ1n) is 6.28. The highest BCUT2D eigenvalue weighted by molar-refractivity contribution is 6.14.